The molecule has 0 aliphatic carbocycles. The largest absolute Gasteiger partial charge is 0.467 e. The third-order valence-corrected chi connectivity index (χ3v) is 3.65. The molecular formula is C17H16ClF3N4O3. The van der Waals surface area contributed by atoms with Crippen molar-refractivity contribution < 1.29 is 27.5 Å². The van der Waals surface area contributed by atoms with Crippen molar-refractivity contribution in [3.05, 3.63) is 46.6 Å². The van der Waals surface area contributed by atoms with Crippen LogP contribution in [0, 0.1) is 0 Å². The highest BCUT2D eigenvalue weighted by molar-refractivity contribution is 6.31. The van der Waals surface area contributed by atoms with E-state index < -0.39 is 18.7 Å². The molecule has 7 nitrogen and oxygen atoms in total. The number of nitrogens with zero attached hydrogens (tertiary/aromatic N) is 3. The highest BCUT2D eigenvalue weighted by Crippen LogP contribution is 2.24. The number of carbonyl (C=O) groups excluding carboxylic acids is 2. The Balaban J connectivity index is 1.96. The van der Waals surface area contributed by atoms with Gasteiger partial charge in [-0.25, -0.2) is 15.0 Å². The number of hydrogen-bond acceptors (Lipinski definition) is 6. The number of carbonyl (C=O) groups is 2. The van der Waals surface area contributed by atoms with E-state index in [0.717, 1.165) is 0 Å². The molecule has 28 heavy (non-hydrogen) atoms. The highest BCUT2D eigenvalue weighted by atomic mass is 35.5. The Kier molecular flexibility index (Phi) is 7.27. The average molecular weight is 417 g/mol. The molecule has 0 saturated carbocycles. The van der Waals surface area contributed by atoms with Crippen LogP contribution in [-0.2, 0) is 17.8 Å². The van der Waals surface area contributed by atoms with Crippen LogP contribution < -0.4 is 10.1 Å². The minimum Gasteiger partial charge on any atom is -0.467 e. The Hall–Kier alpha value is -2.75. The van der Waals surface area contributed by atoms with Crippen LogP contribution in [0.1, 0.15) is 35.2 Å². The number of rotatable bonds is 8. The first-order chi connectivity index (χ1) is 13.2. The van der Waals surface area contributed by atoms with Crippen LogP contribution in [0.4, 0.5) is 13.2 Å². The van der Waals surface area contributed by atoms with Gasteiger partial charge in [0.2, 0.25) is 5.88 Å². The molecule has 0 radical (unpaired) electrons. The zero-order valence-corrected chi connectivity index (χ0v) is 15.5. The maximum absolute atomic E-state index is 12.2. The molecule has 2 heterocycles. The average Bonchev–Trinajstić information content (AvgIpc) is 2.64. The molecule has 150 valence electrons. The number of aromatic nitrogens is 3. The predicted molar refractivity (Wildman–Crippen MR) is 93.0 cm³/mol. The van der Waals surface area contributed by atoms with Gasteiger partial charge >= 0.3 is 6.18 Å². The Labute approximate surface area is 163 Å². The summed E-state index contributed by atoms with van der Waals surface area (Å²) < 4.78 is 41.0. The second-order valence-corrected chi connectivity index (χ2v) is 6.05. The van der Waals surface area contributed by atoms with Crippen LogP contribution in [0.25, 0.3) is 0 Å². The third-order valence-electron chi connectivity index (χ3n) is 3.38. The molecule has 2 aromatic heterocycles. The summed E-state index contributed by atoms with van der Waals surface area (Å²) in [5.41, 5.74) is 0.534. The van der Waals surface area contributed by atoms with Crippen LogP contribution in [0.3, 0.4) is 0 Å². The maximum Gasteiger partial charge on any atom is 0.422 e. The van der Waals surface area contributed by atoms with Crippen LogP contribution in [-0.4, -0.2) is 39.4 Å². The number of amides is 1. The van der Waals surface area contributed by atoms with Crippen molar-refractivity contribution in [3.63, 3.8) is 0 Å². The summed E-state index contributed by atoms with van der Waals surface area (Å²) in [7, 11) is 0. The van der Waals surface area contributed by atoms with E-state index in [9.17, 15) is 22.8 Å². The van der Waals surface area contributed by atoms with Crippen molar-refractivity contribution in [2.75, 3.05) is 6.61 Å². The van der Waals surface area contributed by atoms with E-state index in [2.05, 4.69) is 25.0 Å². The van der Waals surface area contributed by atoms with Crippen molar-refractivity contribution >= 4 is 23.3 Å². The van der Waals surface area contributed by atoms with E-state index in [-0.39, 0.29) is 41.2 Å². The molecule has 0 unspecified atom stereocenters. The lowest BCUT2D eigenvalue weighted by Crippen LogP contribution is -2.24. The van der Waals surface area contributed by atoms with Gasteiger partial charge in [0.25, 0.3) is 5.91 Å². The first kappa shape index (κ1) is 21.5. The van der Waals surface area contributed by atoms with Crippen molar-refractivity contribution in [3.8, 4) is 5.88 Å². The molecule has 2 aromatic rings. The van der Waals surface area contributed by atoms with E-state index in [1.165, 1.54) is 24.5 Å². The molecule has 0 spiro atoms. The Morgan fingerprint density at radius 2 is 2.04 bits per heavy atom. The highest BCUT2D eigenvalue weighted by Gasteiger charge is 2.29. The molecular weight excluding hydrogens is 401 g/mol. The van der Waals surface area contributed by atoms with Gasteiger partial charge in [-0.15, -0.1) is 0 Å². The molecule has 0 bridgehead atoms. The molecule has 1 amide bonds. The lowest BCUT2D eigenvalue weighted by atomic mass is 10.2. The van der Waals surface area contributed by atoms with Crippen molar-refractivity contribution in [1.29, 1.82) is 0 Å². The topological polar surface area (TPSA) is 94.1 Å². The van der Waals surface area contributed by atoms with Gasteiger partial charge in [-0.1, -0.05) is 18.5 Å². The summed E-state index contributed by atoms with van der Waals surface area (Å²) >= 11 is 5.85. The van der Waals surface area contributed by atoms with E-state index in [1.54, 1.807) is 6.92 Å². The molecule has 0 aromatic carbocycles. The quantitative estimate of drug-likeness (QED) is 0.711. The number of ketones is 1. The van der Waals surface area contributed by atoms with Crippen LogP contribution in [0.15, 0.2) is 24.5 Å². The minimum absolute atomic E-state index is 0.0122. The van der Waals surface area contributed by atoms with Crippen LogP contribution in [0.5, 0.6) is 5.88 Å². The predicted octanol–water partition coefficient (Wildman–Crippen LogP) is 2.92. The summed E-state index contributed by atoms with van der Waals surface area (Å²) in [5.74, 6) is -0.669. The number of nitrogens with one attached hydrogen (secondary N) is 1. The fourth-order valence-corrected chi connectivity index (χ4v) is 2.25. The SMILES string of the molecule is CCC(=O)Cc1nccc(C(=O)NCc2cnc(OCC(F)(F)F)c(Cl)c2)n1. The second kappa shape index (κ2) is 9.45. The van der Waals surface area contributed by atoms with Gasteiger partial charge in [0.1, 0.15) is 22.3 Å². The van der Waals surface area contributed by atoms with Gasteiger partial charge in [0.15, 0.2) is 6.61 Å². The van der Waals surface area contributed by atoms with Gasteiger partial charge in [-0.2, -0.15) is 13.2 Å². The molecule has 11 heteroatoms. The second-order valence-electron chi connectivity index (χ2n) is 5.64. The molecule has 0 atom stereocenters. The Bertz CT molecular complexity index is 862. The van der Waals surface area contributed by atoms with E-state index in [1.807, 2.05) is 0 Å². The zero-order valence-electron chi connectivity index (χ0n) is 14.7. The lowest BCUT2D eigenvalue weighted by Gasteiger charge is -2.11. The maximum atomic E-state index is 12.2. The number of halogens is 4. The van der Waals surface area contributed by atoms with Crippen LogP contribution in [0.2, 0.25) is 5.02 Å². The van der Waals surface area contributed by atoms with Crippen molar-refractivity contribution in [2.45, 2.75) is 32.5 Å². The smallest absolute Gasteiger partial charge is 0.422 e. The molecule has 1 N–H and O–H groups in total. The minimum atomic E-state index is -4.50. The van der Waals surface area contributed by atoms with Gasteiger partial charge in [0, 0.05) is 25.4 Å². The summed E-state index contributed by atoms with van der Waals surface area (Å²) in [5, 5.41) is 2.47. The van der Waals surface area contributed by atoms with Crippen molar-refractivity contribution in [1.82, 2.24) is 20.3 Å². The Morgan fingerprint density at radius 3 is 2.68 bits per heavy atom. The number of alkyl halides is 3. The monoisotopic (exact) mass is 416 g/mol. The van der Waals surface area contributed by atoms with E-state index in [0.29, 0.717) is 12.0 Å². The molecule has 0 aliphatic heterocycles. The summed E-state index contributed by atoms with van der Waals surface area (Å²) in [4.78, 5) is 35.4. The summed E-state index contributed by atoms with van der Waals surface area (Å²) in [6.07, 6.45) is -1.50. The molecule has 2 rings (SSSR count). The molecule has 0 saturated heterocycles. The van der Waals surface area contributed by atoms with Gasteiger partial charge in [-0.05, 0) is 17.7 Å². The number of pyridine rings is 1. The fourth-order valence-electron chi connectivity index (χ4n) is 2.00. The summed E-state index contributed by atoms with van der Waals surface area (Å²) in [6.45, 7) is 0.224. The first-order valence-corrected chi connectivity index (χ1v) is 8.51. The van der Waals surface area contributed by atoms with E-state index >= 15 is 0 Å². The van der Waals surface area contributed by atoms with Gasteiger partial charge < -0.3 is 10.1 Å². The van der Waals surface area contributed by atoms with Crippen molar-refractivity contribution in [2.24, 2.45) is 0 Å². The number of hydrogen-bond donors (Lipinski definition) is 1. The third kappa shape index (κ3) is 6.76. The summed E-state index contributed by atoms with van der Waals surface area (Å²) in [6, 6.07) is 2.74. The van der Waals surface area contributed by atoms with Crippen LogP contribution >= 0.6 is 11.6 Å². The Morgan fingerprint density at radius 1 is 1.29 bits per heavy atom. The van der Waals surface area contributed by atoms with Gasteiger partial charge in [-0.3, -0.25) is 9.59 Å². The van der Waals surface area contributed by atoms with Gasteiger partial charge in [0.05, 0.1) is 6.42 Å². The standard InChI is InChI=1S/C17H16ClF3N4O3/c1-2-11(26)6-14-22-4-3-13(25-14)15(27)23-7-10-5-12(18)16(24-8-10)28-9-17(19,20)21/h3-5,8H,2,6-7,9H2,1H3,(H,23,27). The number of ether oxygens (including phenoxy) is 1. The normalized spacial score (nSPS) is 11.2. The zero-order chi connectivity index (χ0) is 20.7. The fraction of sp³-hybridized carbons (Fsp3) is 0.353. The number of Topliss-reactive ketones (excluding diaryl/α,β-unsaturated/α-hetero) is 1. The lowest BCUT2D eigenvalue weighted by molar-refractivity contribution is -0.154. The first-order valence-electron chi connectivity index (χ1n) is 8.13. The van der Waals surface area contributed by atoms with E-state index in [4.69, 9.17) is 11.6 Å². The molecule has 0 aliphatic rings. The molecule has 0 fully saturated rings.